The summed E-state index contributed by atoms with van der Waals surface area (Å²) < 4.78 is 0. The molecule has 0 radical (unpaired) electrons. The Morgan fingerprint density at radius 1 is 0.391 bits per heavy atom. The van der Waals surface area contributed by atoms with Crippen LogP contribution in [0.25, 0.3) is 0 Å². The van der Waals surface area contributed by atoms with E-state index < -0.39 is 7.26 Å². The highest BCUT2D eigenvalue weighted by atomic mass is 79.9. The third-order valence-electron chi connectivity index (χ3n) is 5.16. The Labute approximate surface area is 160 Å². The van der Waals surface area contributed by atoms with Crippen LogP contribution < -0.4 is 17.0 Å². The van der Waals surface area contributed by atoms with Crippen molar-refractivity contribution in [2.45, 2.75) is 111 Å². The van der Waals surface area contributed by atoms with E-state index in [0.717, 1.165) is 0 Å². The highest BCUT2D eigenvalue weighted by Gasteiger charge is 2.34. The summed E-state index contributed by atoms with van der Waals surface area (Å²) in [5.41, 5.74) is 0. The lowest BCUT2D eigenvalue weighted by Gasteiger charge is -2.28. The van der Waals surface area contributed by atoms with E-state index in [4.69, 9.17) is 0 Å². The predicted octanol–water partition coefficient (Wildman–Crippen LogP) is 5.16. The van der Waals surface area contributed by atoms with Crippen molar-refractivity contribution in [2.24, 2.45) is 0 Å². The molecule has 0 spiro atoms. The standard InChI is InChI=1S/C21H46P.BrH/c1-5-9-12-15-19-22(18-8-4,20-16-13-10-6-2)21-17-14-11-7-3;/h5-21H2,1-4H3;1H/q+1;/p-1. The maximum absolute atomic E-state index is 2.43. The fraction of sp³-hybridized carbons (Fsp3) is 1.00. The second-order valence-corrected chi connectivity index (χ2v) is 11.9. The smallest absolute Gasteiger partial charge is 0.0594 e. The van der Waals surface area contributed by atoms with Crippen molar-refractivity contribution < 1.29 is 17.0 Å². The highest BCUT2D eigenvalue weighted by Crippen LogP contribution is 2.61. The van der Waals surface area contributed by atoms with Gasteiger partial charge in [0.2, 0.25) is 0 Å². The Morgan fingerprint density at radius 2 is 0.739 bits per heavy atom. The van der Waals surface area contributed by atoms with Gasteiger partial charge in [-0.3, -0.25) is 0 Å². The third-order valence-corrected chi connectivity index (χ3v) is 10.3. The minimum absolute atomic E-state index is 0. The SMILES string of the molecule is CCCCCC[P+](CCC)(CCCCCC)CCCCCC.[Br-]. The minimum Gasteiger partial charge on any atom is -1.00 e. The molecule has 2 heteroatoms. The average Bonchev–Trinajstić information content (AvgIpc) is 2.53. The van der Waals surface area contributed by atoms with E-state index in [1.54, 1.807) is 24.6 Å². The zero-order valence-electron chi connectivity index (χ0n) is 16.8. The van der Waals surface area contributed by atoms with E-state index in [0.29, 0.717) is 0 Å². The maximum Gasteiger partial charge on any atom is 0.0594 e. The van der Waals surface area contributed by atoms with Crippen LogP contribution in [-0.2, 0) is 0 Å². The first kappa shape index (κ1) is 26.1. The van der Waals surface area contributed by atoms with Crippen LogP contribution >= 0.6 is 7.26 Å². The molecule has 0 rings (SSSR count). The first-order valence-electron chi connectivity index (χ1n) is 10.6. The van der Waals surface area contributed by atoms with Crippen LogP contribution in [0.5, 0.6) is 0 Å². The fourth-order valence-corrected chi connectivity index (χ4v) is 8.74. The number of unbranched alkanes of at least 4 members (excludes halogenated alkanes) is 9. The van der Waals surface area contributed by atoms with Crippen LogP contribution in [-0.4, -0.2) is 24.6 Å². The van der Waals surface area contributed by atoms with Gasteiger partial charge in [-0.2, -0.15) is 0 Å². The number of hydrogen-bond donors (Lipinski definition) is 0. The largest absolute Gasteiger partial charge is 1.00 e. The number of halogens is 1. The Bertz CT molecular complexity index is 187. The lowest BCUT2D eigenvalue weighted by atomic mass is 10.2. The molecule has 0 saturated heterocycles. The van der Waals surface area contributed by atoms with E-state index in [1.807, 2.05) is 0 Å². The first-order valence-corrected chi connectivity index (χ1v) is 13.1. The summed E-state index contributed by atoms with van der Waals surface area (Å²) in [6.07, 6.45) is 25.5. The summed E-state index contributed by atoms with van der Waals surface area (Å²) in [5.74, 6) is 0. The monoisotopic (exact) mass is 408 g/mol. The summed E-state index contributed by atoms with van der Waals surface area (Å²) in [7, 11) is -0.617. The average molecular weight is 409 g/mol. The number of rotatable bonds is 17. The Kier molecular flexibility index (Phi) is 21.9. The Hall–Kier alpha value is 0.910. The van der Waals surface area contributed by atoms with Crippen LogP contribution in [0.15, 0.2) is 0 Å². The second-order valence-electron chi connectivity index (χ2n) is 7.42. The lowest BCUT2D eigenvalue weighted by Crippen LogP contribution is -3.00. The zero-order chi connectivity index (χ0) is 16.5. The summed E-state index contributed by atoms with van der Waals surface area (Å²) in [5, 5.41) is 0. The van der Waals surface area contributed by atoms with Crippen molar-refractivity contribution in [1.29, 1.82) is 0 Å². The van der Waals surface area contributed by atoms with Gasteiger partial charge < -0.3 is 17.0 Å². The fourth-order valence-electron chi connectivity index (χ4n) is 3.77. The molecule has 0 aromatic carbocycles. The van der Waals surface area contributed by atoms with E-state index in [2.05, 4.69) is 27.7 Å². The molecule has 0 nitrogen and oxygen atoms in total. The molecule has 142 valence electrons. The molecule has 0 heterocycles. The van der Waals surface area contributed by atoms with Gasteiger partial charge in [0.05, 0.1) is 24.6 Å². The van der Waals surface area contributed by atoms with E-state index in [-0.39, 0.29) is 17.0 Å². The van der Waals surface area contributed by atoms with Gasteiger partial charge in [0.25, 0.3) is 0 Å². The van der Waals surface area contributed by atoms with Crippen molar-refractivity contribution in [1.82, 2.24) is 0 Å². The van der Waals surface area contributed by atoms with Gasteiger partial charge in [-0.1, -0.05) is 66.2 Å². The minimum atomic E-state index is -0.617. The molecule has 0 aliphatic carbocycles. The third kappa shape index (κ3) is 14.9. The molecule has 0 bridgehead atoms. The van der Waals surface area contributed by atoms with Gasteiger partial charge in [-0.25, -0.2) is 0 Å². The quantitative estimate of drug-likeness (QED) is 0.230. The molecule has 0 aromatic rings. The highest BCUT2D eigenvalue weighted by molar-refractivity contribution is 7.75. The van der Waals surface area contributed by atoms with Crippen molar-refractivity contribution in [3.05, 3.63) is 0 Å². The van der Waals surface area contributed by atoms with Crippen LogP contribution in [0.4, 0.5) is 0 Å². The molecular weight excluding hydrogens is 363 g/mol. The van der Waals surface area contributed by atoms with Gasteiger partial charge in [-0.15, -0.1) is 0 Å². The summed E-state index contributed by atoms with van der Waals surface area (Å²) in [6, 6.07) is 0. The predicted molar refractivity (Wildman–Crippen MR) is 109 cm³/mol. The molecule has 0 amide bonds. The Balaban J connectivity index is 0. The molecule has 0 atom stereocenters. The van der Waals surface area contributed by atoms with Gasteiger partial charge in [0.1, 0.15) is 0 Å². The van der Waals surface area contributed by atoms with Gasteiger partial charge in [0.15, 0.2) is 0 Å². The van der Waals surface area contributed by atoms with Crippen LogP contribution in [0.2, 0.25) is 0 Å². The van der Waals surface area contributed by atoms with Crippen molar-refractivity contribution >= 4 is 7.26 Å². The van der Waals surface area contributed by atoms with Crippen LogP contribution in [0.3, 0.4) is 0 Å². The molecule has 0 aliphatic rings. The van der Waals surface area contributed by atoms with Gasteiger partial charge >= 0.3 is 0 Å². The lowest BCUT2D eigenvalue weighted by molar-refractivity contribution is -0.00000514. The Morgan fingerprint density at radius 3 is 1.00 bits per heavy atom. The molecular formula is C21H46BrP. The molecule has 0 aliphatic heterocycles. The number of hydrogen-bond acceptors (Lipinski definition) is 0. The van der Waals surface area contributed by atoms with Crippen molar-refractivity contribution in [3.63, 3.8) is 0 Å². The van der Waals surface area contributed by atoms with Crippen LogP contribution in [0, 0.1) is 0 Å². The summed E-state index contributed by atoms with van der Waals surface area (Å²) in [4.78, 5) is 0. The molecule has 0 aromatic heterocycles. The molecule has 0 unspecified atom stereocenters. The molecule has 0 fully saturated rings. The van der Waals surface area contributed by atoms with Gasteiger partial charge in [0, 0.05) is 7.26 Å². The second kappa shape index (κ2) is 19.2. The summed E-state index contributed by atoms with van der Waals surface area (Å²) in [6.45, 7) is 9.44. The van der Waals surface area contributed by atoms with E-state index >= 15 is 0 Å². The van der Waals surface area contributed by atoms with E-state index in [9.17, 15) is 0 Å². The maximum atomic E-state index is 2.43. The van der Waals surface area contributed by atoms with Gasteiger partial charge in [-0.05, 0) is 44.9 Å². The zero-order valence-corrected chi connectivity index (χ0v) is 19.3. The molecule has 0 saturated carbocycles. The van der Waals surface area contributed by atoms with Crippen LogP contribution in [0.1, 0.15) is 111 Å². The molecule has 23 heavy (non-hydrogen) atoms. The normalized spacial score (nSPS) is 11.5. The topological polar surface area (TPSA) is 0 Å². The van der Waals surface area contributed by atoms with E-state index in [1.165, 1.54) is 83.5 Å². The van der Waals surface area contributed by atoms with Crippen molar-refractivity contribution in [2.75, 3.05) is 24.6 Å². The molecule has 0 N–H and O–H groups in total. The summed E-state index contributed by atoms with van der Waals surface area (Å²) >= 11 is 0. The first-order chi connectivity index (χ1) is 10.7. The van der Waals surface area contributed by atoms with Crippen molar-refractivity contribution in [3.8, 4) is 0 Å².